The maximum Gasteiger partial charge on any atom is 0.331 e. The highest BCUT2D eigenvalue weighted by Gasteiger charge is 2.70. The van der Waals surface area contributed by atoms with Gasteiger partial charge in [-0.2, -0.15) is 0 Å². The van der Waals surface area contributed by atoms with Crippen LogP contribution in [0.15, 0.2) is 23.8 Å². The molecule has 0 bridgehead atoms. The van der Waals surface area contributed by atoms with Gasteiger partial charge in [-0.05, 0) is 75.4 Å². The van der Waals surface area contributed by atoms with Gasteiger partial charge in [0.2, 0.25) is 5.91 Å². The van der Waals surface area contributed by atoms with E-state index in [1.807, 2.05) is 6.92 Å². The van der Waals surface area contributed by atoms with Crippen LogP contribution in [0.1, 0.15) is 71.6 Å². The van der Waals surface area contributed by atoms with E-state index in [9.17, 15) is 29.4 Å². The Morgan fingerprint density at radius 1 is 1.14 bits per heavy atom. The third kappa shape index (κ3) is 6.34. The van der Waals surface area contributed by atoms with Crippen LogP contribution in [0, 0.1) is 28.6 Å². The van der Waals surface area contributed by atoms with Crippen LogP contribution in [-0.2, 0) is 28.8 Å². The first-order chi connectivity index (χ1) is 20.3. The van der Waals surface area contributed by atoms with Crippen molar-refractivity contribution in [3.05, 3.63) is 23.8 Å². The molecule has 4 aliphatic rings. The summed E-state index contributed by atoms with van der Waals surface area (Å²) in [6.07, 6.45) is 6.66. The number of aliphatic hydroxyl groups excluding tert-OH is 2. The number of ether oxygens (including phenoxy) is 1. The minimum Gasteiger partial charge on any atom is -0.456 e. The average Bonchev–Trinajstić information content (AvgIpc) is 3.29. The summed E-state index contributed by atoms with van der Waals surface area (Å²) in [5, 5.41) is 39.9. The Balaban J connectivity index is 1.32. The van der Waals surface area contributed by atoms with E-state index in [-0.39, 0.29) is 36.9 Å². The molecule has 3 saturated carbocycles. The quantitative estimate of drug-likeness (QED) is 0.117. The monoisotopic (exact) mass is 610 g/mol. The molecular formula is C30H43FN2O10. The number of halogens is 1. The number of rotatable bonds is 13. The highest BCUT2D eigenvalue weighted by atomic mass is 19.1. The average molecular weight is 611 g/mol. The van der Waals surface area contributed by atoms with Crippen molar-refractivity contribution in [3.8, 4) is 0 Å². The topological polar surface area (TPSA) is 183 Å². The predicted octanol–water partition coefficient (Wildman–Crippen LogP) is 2.14. The van der Waals surface area contributed by atoms with Gasteiger partial charge in [0, 0.05) is 23.7 Å². The first-order valence-corrected chi connectivity index (χ1v) is 15.0. The Bertz CT molecular complexity index is 1160. The predicted molar refractivity (Wildman–Crippen MR) is 147 cm³/mol. The van der Waals surface area contributed by atoms with Gasteiger partial charge >= 0.3 is 5.97 Å². The number of esters is 1. The van der Waals surface area contributed by atoms with Gasteiger partial charge in [-0.1, -0.05) is 25.0 Å². The summed E-state index contributed by atoms with van der Waals surface area (Å²) in [5.74, 6) is -3.24. The molecule has 1 amide bonds. The van der Waals surface area contributed by atoms with E-state index in [0.717, 1.165) is 0 Å². The molecule has 43 heavy (non-hydrogen) atoms. The molecule has 0 radical (unpaired) electrons. The molecular weight excluding hydrogens is 567 g/mol. The second-order valence-electron chi connectivity index (χ2n) is 12.8. The van der Waals surface area contributed by atoms with Crippen LogP contribution >= 0.6 is 0 Å². The van der Waals surface area contributed by atoms with Gasteiger partial charge in [0.1, 0.15) is 6.61 Å². The summed E-state index contributed by atoms with van der Waals surface area (Å²) in [7, 11) is 0. The number of carbonyl (C=O) groups excluding carboxylic acids is 4. The molecule has 4 rings (SSSR count). The fourth-order valence-electron chi connectivity index (χ4n) is 8.24. The molecule has 12 nitrogen and oxygen atoms in total. The zero-order chi connectivity index (χ0) is 31.6. The largest absolute Gasteiger partial charge is 0.456 e. The molecule has 0 spiro atoms. The van der Waals surface area contributed by atoms with E-state index in [1.165, 1.54) is 12.2 Å². The minimum atomic E-state index is -1.98. The number of aliphatic hydroxyl groups is 2. The van der Waals surface area contributed by atoms with Crippen LogP contribution in [0.5, 0.6) is 0 Å². The summed E-state index contributed by atoms with van der Waals surface area (Å²) in [6.45, 7) is 2.40. The molecule has 4 unspecified atom stereocenters. The SMILES string of the molecule is C[C@]12C[C@H](O)C3(F)[C@@H](CCC4=CC(=O)C=C[C@@]43C)C1CCC2C(=O)COC(=O)C(CO)NC(=O)CCCCCON(O)O. The highest BCUT2D eigenvalue weighted by molar-refractivity contribution is 6.01. The molecule has 0 aromatic heterocycles. The van der Waals surface area contributed by atoms with Crippen LogP contribution in [0.3, 0.4) is 0 Å². The number of hydrogen-bond donors (Lipinski definition) is 5. The second-order valence-corrected chi connectivity index (χ2v) is 12.8. The zero-order valence-electron chi connectivity index (χ0n) is 24.7. The van der Waals surface area contributed by atoms with Crippen LogP contribution in [0.2, 0.25) is 0 Å². The van der Waals surface area contributed by atoms with Crippen LogP contribution in [-0.4, -0.2) is 87.1 Å². The van der Waals surface area contributed by atoms with Gasteiger partial charge in [0.25, 0.3) is 0 Å². The number of unbranched alkanes of at least 4 members (excludes halogenated alkanes) is 2. The Kier molecular flexibility index (Phi) is 10.2. The molecule has 5 N–H and O–H groups in total. The summed E-state index contributed by atoms with van der Waals surface area (Å²) in [6, 6.07) is -1.35. The van der Waals surface area contributed by atoms with Crippen molar-refractivity contribution in [1.29, 1.82) is 0 Å². The molecule has 240 valence electrons. The van der Waals surface area contributed by atoms with Gasteiger partial charge in [-0.15, -0.1) is 0 Å². The molecule has 13 heteroatoms. The van der Waals surface area contributed by atoms with E-state index in [1.54, 1.807) is 13.0 Å². The lowest BCUT2D eigenvalue weighted by Gasteiger charge is -2.62. The van der Waals surface area contributed by atoms with Gasteiger partial charge in [-0.25, -0.2) is 9.18 Å². The number of ketones is 2. The second kappa shape index (κ2) is 13.2. The number of carbonyl (C=O) groups is 4. The number of alkyl halides is 1. The fourth-order valence-corrected chi connectivity index (χ4v) is 8.24. The Morgan fingerprint density at radius 3 is 2.58 bits per heavy atom. The first-order valence-electron chi connectivity index (χ1n) is 15.0. The van der Waals surface area contributed by atoms with E-state index in [4.69, 9.17) is 15.2 Å². The Labute approximate surface area is 249 Å². The van der Waals surface area contributed by atoms with Crippen LogP contribution in [0.25, 0.3) is 0 Å². The third-order valence-corrected chi connectivity index (χ3v) is 10.4. The summed E-state index contributed by atoms with van der Waals surface area (Å²) < 4.78 is 22.4. The van der Waals surface area contributed by atoms with E-state index in [2.05, 4.69) is 10.2 Å². The van der Waals surface area contributed by atoms with Crippen LogP contribution < -0.4 is 5.32 Å². The maximum atomic E-state index is 17.2. The third-order valence-electron chi connectivity index (χ3n) is 10.4. The van der Waals surface area contributed by atoms with Gasteiger partial charge < -0.3 is 20.3 Å². The normalized spacial score (nSPS) is 35.4. The fraction of sp³-hybridized carbons (Fsp3) is 0.733. The summed E-state index contributed by atoms with van der Waals surface area (Å²) in [5.41, 5.74) is -3.11. The van der Waals surface area contributed by atoms with Crippen molar-refractivity contribution in [2.75, 3.05) is 19.8 Å². The number of allylic oxidation sites excluding steroid dienone is 4. The molecule has 8 atom stereocenters. The number of Topliss-reactive ketones (excluding diaryl/α,β-unsaturated/α-hetero) is 1. The lowest BCUT2D eigenvalue weighted by atomic mass is 9.45. The van der Waals surface area contributed by atoms with Crippen molar-refractivity contribution < 1.29 is 53.8 Å². The van der Waals surface area contributed by atoms with E-state index >= 15 is 4.39 Å². The molecule has 0 aromatic rings. The number of nitrogens with zero attached hydrogens (tertiary/aromatic N) is 1. The molecule has 0 aliphatic heterocycles. The Hall–Kier alpha value is -2.55. The summed E-state index contributed by atoms with van der Waals surface area (Å²) >= 11 is 0. The Morgan fingerprint density at radius 2 is 1.88 bits per heavy atom. The standard InChI is InChI=1S/C30H43FN2O10/c1-28-15-25(37)30(31)21(8-7-18-14-19(35)11-12-29(18,30)2)20(28)9-10-22(28)24(36)17-42-27(39)23(16-34)32-26(38)6-4-3-5-13-43-33(40)41/h11-12,14,20-23,25,34,37,40-41H,3-10,13,15-17H2,1-2H3,(H,32,38)/t20?,21-,22?,23?,25-,28-,29-,30?/m0/s1. The molecule has 3 fully saturated rings. The van der Waals surface area contributed by atoms with E-state index < -0.39 is 71.0 Å². The highest BCUT2D eigenvalue weighted by Crippen LogP contribution is 2.68. The van der Waals surface area contributed by atoms with Crippen molar-refractivity contribution in [2.45, 2.75) is 89.4 Å². The number of hydrogen-bond acceptors (Lipinski definition) is 11. The molecule has 0 heterocycles. The summed E-state index contributed by atoms with van der Waals surface area (Å²) in [4.78, 5) is 54.6. The van der Waals surface area contributed by atoms with E-state index in [0.29, 0.717) is 50.5 Å². The molecule has 4 aliphatic carbocycles. The smallest absolute Gasteiger partial charge is 0.331 e. The molecule has 0 aromatic carbocycles. The van der Waals surface area contributed by atoms with Crippen LogP contribution in [0.4, 0.5) is 4.39 Å². The first kappa shape index (κ1) is 33.3. The number of amides is 1. The number of nitrogens with one attached hydrogen (secondary N) is 1. The van der Waals surface area contributed by atoms with Gasteiger partial charge in [0.05, 0.1) is 24.7 Å². The maximum absolute atomic E-state index is 17.2. The van der Waals surface area contributed by atoms with Gasteiger partial charge in [0.15, 0.2) is 23.3 Å². The minimum absolute atomic E-state index is 0.0421. The van der Waals surface area contributed by atoms with Crippen molar-refractivity contribution in [2.24, 2.45) is 28.6 Å². The number of fused-ring (bicyclic) bond motifs is 5. The van der Waals surface area contributed by atoms with Crippen molar-refractivity contribution >= 4 is 23.4 Å². The zero-order valence-corrected chi connectivity index (χ0v) is 24.7. The molecule has 0 saturated heterocycles. The van der Waals surface area contributed by atoms with Crippen molar-refractivity contribution in [1.82, 2.24) is 10.7 Å². The van der Waals surface area contributed by atoms with Gasteiger partial charge in [-0.3, -0.25) is 29.6 Å². The lowest BCUT2D eigenvalue weighted by Crippen LogP contribution is -2.66. The lowest BCUT2D eigenvalue weighted by molar-refractivity contribution is -0.492. The van der Waals surface area contributed by atoms with Crippen molar-refractivity contribution in [3.63, 3.8) is 0 Å².